The predicted octanol–water partition coefficient (Wildman–Crippen LogP) is 7.93. The summed E-state index contributed by atoms with van der Waals surface area (Å²) in [6, 6.07) is 8.66. The van der Waals surface area contributed by atoms with Crippen LogP contribution in [0.25, 0.3) is 11.1 Å². The number of hydrogen-bond acceptors (Lipinski definition) is 10. The van der Waals surface area contributed by atoms with E-state index in [0.29, 0.717) is 24.7 Å². The summed E-state index contributed by atoms with van der Waals surface area (Å²) in [7, 11) is 0. The summed E-state index contributed by atoms with van der Waals surface area (Å²) in [6.07, 6.45) is 1.48. The number of aliphatic hydroxyl groups excluding tert-OH is 2. The number of ether oxygens (including phenoxy) is 2. The lowest BCUT2D eigenvalue weighted by molar-refractivity contribution is 0.125. The molecule has 234 valence electrons. The Morgan fingerprint density at radius 2 is 0.976 bits per heavy atom. The van der Waals surface area contributed by atoms with Crippen molar-refractivity contribution in [1.82, 2.24) is 0 Å². The molecular formula is C32H46O4S6. The minimum absolute atomic E-state index is 0.314. The van der Waals surface area contributed by atoms with E-state index in [9.17, 15) is 10.2 Å². The van der Waals surface area contributed by atoms with Crippen molar-refractivity contribution < 1.29 is 19.7 Å². The SMILES string of the molecule is Cc1cc(-c2cc(C)c(OCC(O)CSCCC3SCCS3)c(C)c2)cc(C)c1OCC(O)CSCCC1SCCS1. The predicted molar refractivity (Wildman–Crippen MR) is 195 cm³/mol. The van der Waals surface area contributed by atoms with Crippen LogP contribution >= 0.6 is 70.6 Å². The Hall–Kier alpha value is 0.0600. The van der Waals surface area contributed by atoms with E-state index in [1.165, 1.54) is 35.9 Å². The molecule has 2 unspecified atom stereocenters. The second kappa shape index (κ2) is 18.3. The monoisotopic (exact) mass is 686 g/mol. The number of aryl methyl sites for hydroxylation is 4. The lowest BCUT2D eigenvalue weighted by Crippen LogP contribution is -2.21. The first-order valence-corrected chi connectivity index (χ1v) is 21.3. The van der Waals surface area contributed by atoms with Gasteiger partial charge in [0.1, 0.15) is 24.7 Å². The molecule has 0 radical (unpaired) electrons. The fourth-order valence-corrected chi connectivity index (χ4v) is 13.2. The molecule has 0 spiro atoms. The standard InChI is InChI=1S/C32H46O4S6/c1-21-13-25(14-22(2)31(21)35-17-27(33)19-37-7-5-29-39-9-10-40-29)26-15-23(3)32(24(4)16-26)36-18-28(34)20-38-8-6-30-41-11-12-42-30/h13-16,27-30,33-34H,5-12,17-20H2,1-4H3. The minimum atomic E-state index is -0.470. The molecule has 2 fully saturated rings. The van der Waals surface area contributed by atoms with Crippen LogP contribution in [0, 0.1) is 27.7 Å². The molecule has 42 heavy (non-hydrogen) atoms. The molecule has 2 aliphatic heterocycles. The van der Waals surface area contributed by atoms with Gasteiger partial charge in [0, 0.05) is 34.5 Å². The van der Waals surface area contributed by atoms with Crippen molar-refractivity contribution in [3.63, 3.8) is 0 Å². The molecule has 4 rings (SSSR count). The number of rotatable bonds is 17. The van der Waals surface area contributed by atoms with Gasteiger partial charge < -0.3 is 19.7 Å². The highest BCUT2D eigenvalue weighted by Crippen LogP contribution is 2.37. The van der Waals surface area contributed by atoms with E-state index >= 15 is 0 Å². The van der Waals surface area contributed by atoms with Crippen LogP contribution in [0.2, 0.25) is 0 Å². The van der Waals surface area contributed by atoms with Crippen LogP contribution < -0.4 is 9.47 Å². The number of aliphatic hydroxyl groups is 2. The highest BCUT2D eigenvalue weighted by Gasteiger charge is 2.18. The molecule has 0 aliphatic carbocycles. The normalized spacial score (nSPS) is 17.6. The summed E-state index contributed by atoms with van der Waals surface area (Å²) < 4.78 is 13.7. The Morgan fingerprint density at radius 1 is 0.643 bits per heavy atom. The average Bonchev–Trinajstić information content (AvgIpc) is 3.67. The molecule has 2 atom stereocenters. The minimum Gasteiger partial charge on any atom is -0.490 e. The van der Waals surface area contributed by atoms with Crippen molar-refractivity contribution in [3.8, 4) is 22.6 Å². The molecule has 2 heterocycles. The molecule has 10 heteroatoms. The number of thioether (sulfide) groups is 6. The van der Waals surface area contributed by atoms with E-state index in [0.717, 1.165) is 65.5 Å². The maximum Gasteiger partial charge on any atom is 0.125 e. The highest BCUT2D eigenvalue weighted by atomic mass is 32.2. The van der Waals surface area contributed by atoms with Crippen LogP contribution in [-0.2, 0) is 0 Å². The van der Waals surface area contributed by atoms with E-state index in [1.807, 2.05) is 23.5 Å². The van der Waals surface area contributed by atoms with Crippen LogP contribution in [0.1, 0.15) is 35.1 Å². The molecule has 2 saturated heterocycles. The molecule has 2 aromatic rings. The zero-order valence-electron chi connectivity index (χ0n) is 25.3. The maximum atomic E-state index is 10.5. The fourth-order valence-electron chi connectivity index (χ4n) is 5.09. The van der Waals surface area contributed by atoms with Crippen molar-refractivity contribution >= 4 is 70.6 Å². The second-order valence-electron chi connectivity index (χ2n) is 10.9. The van der Waals surface area contributed by atoms with Crippen LogP contribution in [0.4, 0.5) is 0 Å². The Bertz CT molecular complexity index is 987. The Kier molecular flexibility index (Phi) is 15.2. The first kappa shape index (κ1) is 34.9. The molecule has 2 N–H and O–H groups in total. The van der Waals surface area contributed by atoms with Crippen molar-refractivity contribution in [3.05, 3.63) is 46.5 Å². The van der Waals surface area contributed by atoms with Gasteiger partial charge in [-0.1, -0.05) is 0 Å². The first-order valence-electron chi connectivity index (χ1n) is 14.8. The van der Waals surface area contributed by atoms with Crippen molar-refractivity contribution in [1.29, 1.82) is 0 Å². The number of hydrogen-bond donors (Lipinski definition) is 2. The highest BCUT2D eigenvalue weighted by molar-refractivity contribution is 8.20. The molecular weight excluding hydrogens is 641 g/mol. The van der Waals surface area contributed by atoms with Gasteiger partial charge in [0.2, 0.25) is 0 Å². The molecule has 2 aliphatic rings. The Labute approximate surface area is 278 Å². The van der Waals surface area contributed by atoms with E-state index in [4.69, 9.17) is 9.47 Å². The summed E-state index contributed by atoms with van der Waals surface area (Å²) in [5.74, 6) is 10.4. The smallest absolute Gasteiger partial charge is 0.125 e. The summed E-state index contributed by atoms with van der Waals surface area (Å²) >= 11 is 11.9. The second-order valence-corrected chi connectivity index (χ2v) is 19.0. The third-order valence-corrected chi connectivity index (χ3v) is 15.7. The Morgan fingerprint density at radius 3 is 1.31 bits per heavy atom. The molecule has 4 nitrogen and oxygen atoms in total. The largest absolute Gasteiger partial charge is 0.490 e. The van der Waals surface area contributed by atoms with Crippen molar-refractivity contribution in [2.24, 2.45) is 0 Å². The van der Waals surface area contributed by atoms with E-state index in [1.54, 1.807) is 0 Å². The average molecular weight is 687 g/mol. The van der Waals surface area contributed by atoms with Gasteiger partial charge in [-0.05, 0) is 110 Å². The fraction of sp³-hybridized carbons (Fsp3) is 0.625. The quantitative estimate of drug-likeness (QED) is 0.161. The van der Waals surface area contributed by atoms with Gasteiger partial charge in [0.15, 0.2) is 0 Å². The lowest BCUT2D eigenvalue weighted by atomic mass is 9.96. The van der Waals surface area contributed by atoms with E-state index < -0.39 is 12.2 Å². The van der Waals surface area contributed by atoms with Crippen LogP contribution in [0.15, 0.2) is 24.3 Å². The van der Waals surface area contributed by atoms with E-state index in [-0.39, 0.29) is 0 Å². The van der Waals surface area contributed by atoms with Gasteiger partial charge in [0.05, 0.1) is 21.4 Å². The topological polar surface area (TPSA) is 58.9 Å². The van der Waals surface area contributed by atoms with Crippen LogP contribution in [0.3, 0.4) is 0 Å². The maximum absolute atomic E-state index is 10.5. The molecule has 0 amide bonds. The zero-order valence-corrected chi connectivity index (χ0v) is 30.2. The van der Waals surface area contributed by atoms with Crippen molar-refractivity contribution in [2.45, 2.75) is 61.9 Å². The van der Waals surface area contributed by atoms with Gasteiger partial charge >= 0.3 is 0 Å². The van der Waals surface area contributed by atoms with Gasteiger partial charge in [-0.2, -0.15) is 23.5 Å². The summed E-state index contributed by atoms with van der Waals surface area (Å²) in [5, 5.41) is 21.0. The number of benzene rings is 2. The molecule has 2 aromatic carbocycles. The zero-order chi connectivity index (χ0) is 29.9. The van der Waals surface area contributed by atoms with Crippen LogP contribution in [-0.4, -0.2) is 90.8 Å². The summed E-state index contributed by atoms with van der Waals surface area (Å²) in [4.78, 5) is 0. The van der Waals surface area contributed by atoms with Gasteiger partial charge in [0.25, 0.3) is 0 Å². The third-order valence-electron chi connectivity index (χ3n) is 7.09. The molecule has 0 bridgehead atoms. The first-order chi connectivity index (χ1) is 20.3. The summed E-state index contributed by atoms with van der Waals surface area (Å²) in [6.45, 7) is 8.93. The van der Waals surface area contributed by atoms with Crippen LogP contribution in [0.5, 0.6) is 11.5 Å². The molecule has 0 aromatic heterocycles. The van der Waals surface area contributed by atoms with Gasteiger partial charge in [-0.3, -0.25) is 0 Å². The Balaban J connectivity index is 1.24. The van der Waals surface area contributed by atoms with Gasteiger partial charge in [-0.25, -0.2) is 0 Å². The molecule has 0 saturated carbocycles. The van der Waals surface area contributed by atoms with Crippen molar-refractivity contribution in [2.75, 3.05) is 59.2 Å². The summed E-state index contributed by atoms with van der Waals surface area (Å²) in [5.41, 5.74) is 6.57. The van der Waals surface area contributed by atoms with Gasteiger partial charge in [-0.15, -0.1) is 47.0 Å². The lowest BCUT2D eigenvalue weighted by Gasteiger charge is -2.19. The third kappa shape index (κ3) is 11.1. The van der Waals surface area contributed by atoms with E-state index in [2.05, 4.69) is 99.0 Å².